The molecule has 1 aliphatic carbocycles. The number of anilines is 1. The monoisotopic (exact) mass is 556 g/mol. The van der Waals surface area contributed by atoms with Crippen molar-refractivity contribution in [1.82, 2.24) is 0 Å². The Morgan fingerprint density at radius 1 is 0.950 bits per heavy atom. The second-order valence-corrected chi connectivity index (χ2v) is 15.3. The summed E-state index contributed by atoms with van der Waals surface area (Å²) in [6.45, 7) is 10.6. The van der Waals surface area contributed by atoms with Crippen LogP contribution in [-0.2, 0) is 9.47 Å². The van der Waals surface area contributed by atoms with Gasteiger partial charge in [-0.3, -0.25) is 0 Å². The number of carbonyl (C=O) groups excluding carboxylic acids is 1. The predicted molar refractivity (Wildman–Crippen MR) is 153 cm³/mol. The summed E-state index contributed by atoms with van der Waals surface area (Å²) in [4.78, 5) is 26.6. The Labute approximate surface area is 234 Å². The van der Waals surface area contributed by atoms with E-state index in [0.29, 0.717) is 32.0 Å². The quantitative estimate of drug-likeness (QED) is 0.453. The molecule has 0 spiro atoms. The molecule has 9 heteroatoms. The summed E-state index contributed by atoms with van der Waals surface area (Å²) >= 11 is 0. The number of rotatable bonds is 4. The molecule has 0 amide bonds. The molecule has 0 radical (unpaired) electrons. The van der Waals surface area contributed by atoms with E-state index in [1.807, 2.05) is 0 Å². The van der Waals surface area contributed by atoms with Crippen molar-refractivity contribution in [1.29, 1.82) is 0 Å². The number of carbonyl (C=O) groups is 2. The number of fused-ring (bicyclic) bond motifs is 2. The van der Waals surface area contributed by atoms with Crippen molar-refractivity contribution in [2.75, 3.05) is 57.5 Å². The van der Waals surface area contributed by atoms with Crippen LogP contribution in [0.25, 0.3) is 5.57 Å². The number of hydrogen-bond donors (Lipinski definition) is 1. The summed E-state index contributed by atoms with van der Waals surface area (Å²) in [6.07, 6.45) is 6.44. The van der Waals surface area contributed by atoms with Gasteiger partial charge < -0.3 is 29.4 Å². The molecule has 2 fully saturated rings. The molecule has 2 saturated heterocycles. The molecule has 2 aromatic rings. The van der Waals surface area contributed by atoms with E-state index in [4.69, 9.17) is 9.47 Å². The van der Waals surface area contributed by atoms with Gasteiger partial charge in [-0.15, -0.1) is 0 Å². The fourth-order valence-corrected chi connectivity index (χ4v) is 9.29. The molecule has 8 nitrogen and oxygen atoms in total. The maximum absolute atomic E-state index is 12.4. The summed E-state index contributed by atoms with van der Waals surface area (Å²) in [7, 11) is -2.29. The smallest absolute Gasteiger partial charge is 0.336 e. The van der Waals surface area contributed by atoms with Crippen LogP contribution in [0.4, 0.5) is 5.69 Å². The zero-order chi connectivity index (χ0) is 28.0. The molecular formula is C31H32N2O6Si. The Balaban J connectivity index is 1.63. The molecule has 4 aliphatic rings. The Kier molecular flexibility index (Phi) is 6.81. The Morgan fingerprint density at radius 2 is 1.68 bits per heavy atom. The molecule has 0 saturated carbocycles. The zero-order valence-corrected chi connectivity index (χ0v) is 23.7. The van der Waals surface area contributed by atoms with E-state index in [1.54, 1.807) is 0 Å². The van der Waals surface area contributed by atoms with Gasteiger partial charge in [-0.05, 0) is 68.6 Å². The van der Waals surface area contributed by atoms with Crippen LogP contribution in [0.3, 0.4) is 0 Å². The van der Waals surface area contributed by atoms with Gasteiger partial charge in [0.25, 0.3) is 0 Å². The number of ether oxygens (including phenoxy) is 2. The van der Waals surface area contributed by atoms with E-state index in [-0.39, 0.29) is 11.1 Å². The third-order valence-corrected chi connectivity index (χ3v) is 11.9. The van der Waals surface area contributed by atoms with Crippen molar-refractivity contribution in [3.05, 3.63) is 87.6 Å². The van der Waals surface area contributed by atoms with E-state index in [9.17, 15) is 19.8 Å². The van der Waals surface area contributed by atoms with Gasteiger partial charge in [0, 0.05) is 30.9 Å². The first-order chi connectivity index (χ1) is 19.3. The third-order valence-electron chi connectivity index (χ3n) is 8.40. The summed E-state index contributed by atoms with van der Waals surface area (Å²) in [6, 6.07) is 10.6. The lowest BCUT2D eigenvalue weighted by atomic mass is 9.86. The largest absolute Gasteiger partial charge is 0.545 e. The van der Waals surface area contributed by atoms with Gasteiger partial charge in [-0.2, -0.15) is 0 Å². The van der Waals surface area contributed by atoms with Gasteiger partial charge >= 0.3 is 5.97 Å². The number of carboxylic acids is 2. The van der Waals surface area contributed by atoms with E-state index in [1.165, 1.54) is 28.6 Å². The van der Waals surface area contributed by atoms with Crippen LogP contribution in [0.2, 0.25) is 13.1 Å². The van der Waals surface area contributed by atoms with Crippen LogP contribution >= 0.6 is 0 Å². The van der Waals surface area contributed by atoms with E-state index < -0.39 is 20.0 Å². The number of benzene rings is 2. The van der Waals surface area contributed by atoms with Gasteiger partial charge in [-0.1, -0.05) is 25.2 Å². The van der Waals surface area contributed by atoms with Crippen molar-refractivity contribution in [3.8, 4) is 0 Å². The molecule has 6 rings (SSSR count). The lowest BCUT2D eigenvalue weighted by Gasteiger charge is -2.39. The van der Waals surface area contributed by atoms with Gasteiger partial charge in [0.05, 0.1) is 24.7 Å². The standard InChI is InChI=1S/C31H32N2O6Si/c1-40(2)27-18-21(32-9-13-38-14-10-32)4-7-24(27)29(26-17-20(30(34)35)3-6-23(26)31(36)37)25-8-5-22(19-28(25)40)33-11-15-39-16-12-33/h3-8,17-19H,9-16H2,1-2H3,(H-,34,35,36,37). The van der Waals surface area contributed by atoms with Crippen LogP contribution in [0.5, 0.6) is 0 Å². The maximum atomic E-state index is 12.4. The molecule has 0 aromatic heterocycles. The Morgan fingerprint density at radius 3 is 2.38 bits per heavy atom. The molecule has 3 heterocycles. The highest BCUT2D eigenvalue weighted by Gasteiger charge is 2.41. The highest BCUT2D eigenvalue weighted by molar-refractivity contribution is 6.98. The van der Waals surface area contributed by atoms with Crippen molar-refractivity contribution in [2.45, 2.75) is 13.1 Å². The summed E-state index contributed by atoms with van der Waals surface area (Å²) in [5.41, 5.74) is 5.31. The first-order valence-electron chi connectivity index (χ1n) is 13.7. The fourth-order valence-electron chi connectivity index (χ4n) is 6.22. The van der Waals surface area contributed by atoms with E-state index in [0.717, 1.165) is 54.3 Å². The first kappa shape index (κ1) is 26.4. The average Bonchev–Trinajstić information content (AvgIpc) is 2.98. The van der Waals surface area contributed by atoms with Crippen LogP contribution in [-0.4, -0.2) is 88.0 Å². The van der Waals surface area contributed by atoms with Crippen molar-refractivity contribution < 1.29 is 33.9 Å². The topological polar surface area (TPSA) is 102 Å². The molecule has 40 heavy (non-hydrogen) atoms. The molecular weight excluding hydrogens is 524 g/mol. The highest BCUT2D eigenvalue weighted by atomic mass is 28.3. The second-order valence-electron chi connectivity index (χ2n) is 11.0. The van der Waals surface area contributed by atoms with Crippen LogP contribution in [0.1, 0.15) is 31.8 Å². The molecule has 0 atom stereocenters. The zero-order valence-electron chi connectivity index (χ0n) is 22.7. The van der Waals surface area contributed by atoms with Gasteiger partial charge in [-0.25, -0.2) is 9.37 Å². The minimum absolute atomic E-state index is 0.0486. The number of allylic oxidation sites excluding steroid dienone is 5. The number of carboxylic acid groups (broad SMARTS) is 2. The van der Waals surface area contributed by atoms with Gasteiger partial charge in [0.15, 0.2) is 18.8 Å². The molecule has 3 aliphatic heterocycles. The van der Waals surface area contributed by atoms with Crippen LogP contribution in [0.15, 0.2) is 65.4 Å². The minimum atomic E-state index is -2.29. The van der Waals surface area contributed by atoms with Gasteiger partial charge in [0.2, 0.25) is 0 Å². The minimum Gasteiger partial charge on any atom is -0.545 e. The SMILES string of the molecule is C[Si]1(C)C2=CC(=[N+]3CCOCC3)C=CC2=C(c2cc(C(=O)[O-])ccc2C(=O)O)c2ccc(N3CCOCC3)cc21. The van der Waals surface area contributed by atoms with E-state index in [2.05, 4.69) is 59.0 Å². The summed E-state index contributed by atoms with van der Waals surface area (Å²) in [5.74, 6) is -2.44. The molecule has 2 aromatic carbocycles. The van der Waals surface area contributed by atoms with Crippen molar-refractivity contribution in [3.63, 3.8) is 0 Å². The van der Waals surface area contributed by atoms with Crippen LogP contribution in [0, 0.1) is 0 Å². The summed E-state index contributed by atoms with van der Waals surface area (Å²) < 4.78 is 13.5. The Hall–Kier alpha value is -3.79. The van der Waals surface area contributed by atoms with Crippen molar-refractivity contribution in [2.24, 2.45) is 0 Å². The van der Waals surface area contributed by atoms with Crippen LogP contribution < -0.4 is 15.2 Å². The number of aromatic carboxylic acids is 2. The van der Waals surface area contributed by atoms with Gasteiger partial charge in [0.1, 0.15) is 21.3 Å². The molecule has 0 bridgehead atoms. The molecule has 0 unspecified atom stereocenters. The number of nitrogens with zero attached hydrogens (tertiary/aromatic N) is 2. The first-order valence-corrected chi connectivity index (χ1v) is 16.7. The Bertz CT molecular complexity index is 1540. The molecule has 206 valence electrons. The summed E-state index contributed by atoms with van der Waals surface area (Å²) in [5, 5.41) is 24.4. The highest BCUT2D eigenvalue weighted by Crippen LogP contribution is 2.43. The average molecular weight is 557 g/mol. The maximum Gasteiger partial charge on any atom is 0.336 e. The fraction of sp³-hybridized carbons (Fsp3) is 0.323. The lowest BCUT2D eigenvalue weighted by Crippen LogP contribution is -2.50. The number of morpholine rings is 2. The van der Waals surface area contributed by atoms with E-state index >= 15 is 0 Å². The second kappa shape index (κ2) is 10.3. The third kappa shape index (κ3) is 4.53. The number of hydrogen-bond acceptors (Lipinski definition) is 6. The molecule has 1 N–H and O–H groups in total. The van der Waals surface area contributed by atoms with Crippen molar-refractivity contribution >= 4 is 42.2 Å². The lowest BCUT2D eigenvalue weighted by molar-refractivity contribution is -0.547. The predicted octanol–water partition coefficient (Wildman–Crippen LogP) is 1.83. The normalized spacial score (nSPS) is 20.1.